The van der Waals surface area contributed by atoms with E-state index in [2.05, 4.69) is 16.4 Å². The van der Waals surface area contributed by atoms with Crippen molar-refractivity contribution in [2.75, 3.05) is 7.05 Å². The number of carbonyl (C=O) groups is 1. The Morgan fingerprint density at radius 2 is 2.32 bits per heavy atom. The number of thioether (sulfide) groups is 1. The molecule has 3 rings (SSSR count). The summed E-state index contributed by atoms with van der Waals surface area (Å²) in [6, 6.07) is 4.15. The lowest BCUT2D eigenvalue weighted by Gasteiger charge is -2.32. The van der Waals surface area contributed by atoms with Gasteiger partial charge in [0, 0.05) is 23.6 Å². The Bertz CT molecular complexity index is 552. The largest absolute Gasteiger partial charge is 0.315 e. The van der Waals surface area contributed by atoms with E-state index in [1.807, 2.05) is 19.9 Å². The molecule has 1 aromatic heterocycles. The minimum Gasteiger partial charge on any atom is -0.315 e. The Labute approximate surface area is 121 Å². The molecule has 4 nitrogen and oxygen atoms in total. The van der Waals surface area contributed by atoms with Crippen molar-refractivity contribution in [2.24, 2.45) is 10.7 Å². The average molecular weight is 295 g/mol. The molecule has 0 aromatic carbocycles. The molecule has 1 fully saturated rings. The van der Waals surface area contributed by atoms with Gasteiger partial charge >= 0.3 is 0 Å². The third-order valence-corrected chi connectivity index (χ3v) is 6.71. The topological polar surface area (TPSA) is 58.7 Å². The van der Waals surface area contributed by atoms with E-state index >= 15 is 0 Å². The summed E-state index contributed by atoms with van der Waals surface area (Å²) in [4.78, 5) is 19.5. The zero-order chi connectivity index (χ0) is 13.8. The molecular weight excluding hydrogens is 278 g/mol. The molecule has 1 spiro atoms. The molecule has 2 N–H and O–H groups in total. The number of hydrogen-bond donors (Lipinski definition) is 1. The number of amidine groups is 1. The van der Waals surface area contributed by atoms with Gasteiger partial charge in [-0.05, 0) is 25.3 Å². The van der Waals surface area contributed by atoms with E-state index in [-0.39, 0.29) is 11.2 Å². The normalized spacial score (nSPS) is 38.3. The van der Waals surface area contributed by atoms with Gasteiger partial charge in [0.05, 0.1) is 4.87 Å². The number of amides is 1. The second-order valence-electron chi connectivity index (χ2n) is 5.32. The van der Waals surface area contributed by atoms with Crippen molar-refractivity contribution in [3.63, 3.8) is 0 Å². The number of nitrogens with two attached hydrogens (primary N) is 1. The molecule has 3 unspecified atom stereocenters. The van der Waals surface area contributed by atoms with Crippen LogP contribution in [0.4, 0.5) is 0 Å². The number of likely N-dealkylation sites (N-methyl/N-ethyl adjacent to an activating group) is 1. The molecule has 0 bridgehead atoms. The second-order valence-corrected chi connectivity index (χ2v) is 7.95. The molecule has 2 aliphatic rings. The number of nitrogens with zero attached hydrogens (tertiary/aromatic N) is 2. The predicted molar refractivity (Wildman–Crippen MR) is 80.5 cm³/mol. The zero-order valence-corrected chi connectivity index (χ0v) is 12.8. The van der Waals surface area contributed by atoms with Crippen LogP contribution in [-0.4, -0.2) is 34.1 Å². The van der Waals surface area contributed by atoms with Gasteiger partial charge in [-0.15, -0.1) is 23.1 Å². The standard InChI is InChI=1S/C13H17N3OS2/c1-8-15-13(11(17)16(8)3)7-10(19-12(13,2)14)9-5-4-6-18-9/h4-6,10H,7,14H2,1-3H3. The lowest BCUT2D eigenvalue weighted by molar-refractivity contribution is -0.131. The number of thiophene rings is 1. The molecule has 1 saturated heterocycles. The summed E-state index contributed by atoms with van der Waals surface area (Å²) in [5, 5.41) is 2.31. The van der Waals surface area contributed by atoms with Crippen LogP contribution < -0.4 is 5.73 Å². The maximum atomic E-state index is 12.6. The number of carbonyl (C=O) groups excluding carboxylic acids is 1. The molecule has 19 heavy (non-hydrogen) atoms. The van der Waals surface area contributed by atoms with Crippen LogP contribution in [0.1, 0.15) is 30.4 Å². The van der Waals surface area contributed by atoms with E-state index in [4.69, 9.17) is 5.73 Å². The van der Waals surface area contributed by atoms with Crippen LogP contribution in [0.2, 0.25) is 0 Å². The molecular formula is C13H17N3OS2. The monoisotopic (exact) mass is 295 g/mol. The van der Waals surface area contributed by atoms with Gasteiger partial charge in [-0.1, -0.05) is 6.07 Å². The molecule has 6 heteroatoms. The molecule has 3 heterocycles. The van der Waals surface area contributed by atoms with Gasteiger partial charge in [0.25, 0.3) is 5.91 Å². The molecule has 2 aliphatic heterocycles. The van der Waals surface area contributed by atoms with Crippen LogP contribution >= 0.6 is 23.1 Å². The summed E-state index contributed by atoms with van der Waals surface area (Å²) in [5.41, 5.74) is 5.64. The first-order chi connectivity index (χ1) is 8.87. The zero-order valence-electron chi connectivity index (χ0n) is 11.2. The summed E-state index contributed by atoms with van der Waals surface area (Å²) >= 11 is 3.38. The lowest BCUT2D eigenvalue weighted by atomic mass is 9.86. The molecule has 3 atom stereocenters. The first-order valence-corrected chi connectivity index (χ1v) is 7.98. The Morgan fingerprint density at radius 3 is 2.84 bits per heavy atom. The fraction of sp³-hybridized carbons (Fsp3) is 0.538. The quantitative estimate of drug-likeness (QED) is 0.864. The van der Waals surface area contributed by atoms with Gasteiger partial charge in [-0.3, -0.25) is 9.79 Å². The highest BCUT2D eigenvalue weighted by Gasteiger charge is 2.63. The van der Waals surface area contributed by atoms with Crippen molar-refractivity contribution in [2.45, 2.75) is 35.9 Å². The number of aliphatic imine (C=N–C) groups is 1. The molecule has 0 aliphatic carbocycles. The van der Waals surface area contributed by atoms with Gasteiger partial charge in [-0.2, -0.15) is 0 Å². The van der Waals surface area contributed by atoms with Gasteiger partial charge in [0.2, 0.25) is 0 Å². The van der Waals surface area contributed by atoms with E-state index in [9.17, 15) is 4.79 Å². The highest BCUT2D eigenvalue weighted by molar-refractivity contribution is 8.01. The summed E-state index contributed by atoms with van der Waals surface area (Å²) in [5.74, 6) is 0.788. The summed E-state index contributed by atoms with van der Waals surface area (Å²) in [6.07, 6.45) is 0.686. The second kappa shape index (κ2) is 4.07. The van der Waals surface area contributed by atoms with Crippen molar-refractivity contribution in [1.82, 2.24) is 4.90 Å². The van der Waals surface area contributed by atoms with E-state index in [0.29, 0.717) is 6.42 Å². The molecule has 0 saturated carbocycles. The van der Waals surface area contributed by atoms with Gasteiger partial charge in [-0.25, -0.2) is 0 Å². The van der Waals surface area contributed by atoms with Gasteiger partial charge in [0.15, 0.2) is 5.54 Å². The van der Waals surface area contributed by atoms with Crippen molar-refractivity contribution >= 4 is 34.8 Å². The van der Waals surface area contributed by atoms with E-state index in [1.54, 1.807) is 35.0 Å². The molecule has 1 aromatic rings. The maximum Gasteiger partial charge on any atom is 0.258 e. The summed E-state index contributed by atoms with van der Waals surface area (Å²) < 4.78 is 0. The van der Waals surface area contributed by atoms with Crippen LogP contribution in [0.25, 0.3) is 0 Å². The smallest absolute Gasteiger partial charge is 0.258 e. The Morgan fingerprint density at radius 1 is 1.58 bits per heavy atom. The van der Waals surface area contributed by atoms with Crippen LogP contribution in [0.15, 0.2) is 22.5 Å². The fourth-order valence-corrected chi connectivity index (χ4v) is 5.36. The first-order valence-electron chi connectivity index (χ1n) is 6.22. The lowest BCUT2D eigenvalue weighted by Crippen LogP contribution is -2.57. The van der Waals surface area contributed by atoms with Crippen LogP contribution in [0, 0.1) is 0 Å². The van der Waals surface area contributed by atoms with E-state index in [0.717, 1.165) is 5.84 Å². The van der Waals surface area contributed by atoms with Crippen LogP contribution in [0.3, 0.4) is 0 Å². The summed E-state index contributed by atoms with van der Waals surface area (Å²) in [6.45, 7) is 3.80. The Balaban J connectivity index is 2.02. The molecule has 0 radical (unpaired) electrons. The highest BCUT2D eigenvalue weighted by atomic mass is 32.2. The minimum absolute atomic E-state index is 0.0292. The third kappa shape index (κ3) is 1.70. The highest BCUT2D eigenvalue weighted by Crippen LogP contribution is 2.58. The van der Waals surface area contributed by atoms with Gasteiger partial charge in [0.1, 0.15) is 5.84 Å². The maximum absolute atomic E-state index is 12.6. The predicted octanol–water partition coefficient (Wildman–Crippen LogP) is 2.23. The van der Waals surface area contributed by atoms with Crippen LogP contribution in [-0.2, 0) is 4.79 Å². The van der Waals surface area contributed by atoms with Crippen LogP contribution in [0.5, 0.6) is 0 Å². The molecule has 102 valence electrons. The Kier molecular flexibility index (Phi) is 2.82. The summed E-state index contributed by atoms with van der Waals surface area (Å²) in [7, 11) is 1.77. The van der Waals surface area contributed by atoms with E-state index < -0.39 is 10.4 Å². The van der Waals surface area contributed by atoms with Gasteiger partial charge < -0.3 is 10.6 Å². The number of rotatable bonds is 1. The Hall–Kier alpha value is -0.850. The SMILES string of the molecule is CC1=NC2(CC(c3cccs3)SC2(C)N)C(=O)N1C. The van der Waals surface area contributed by atoms with Crippen molar-refractivity contribution in [1.29, 1.82) is 0 Å². The fourth-order valence-electron chi connectivity index (χ4n) is 2.82. The van der Waals surface area contributed by atoms with Crippen molar-refractivity contribution in [3.8, 4) is 0 Å². The minimum atomic E-state index is -0.800. The van der Waals surface area contributed by atoms with Crippen molar-refractivity contribution in [3.05, 3.63) is 22.4 Å². The molecule has 1 amide bonds. The third-order valence-electron chi connectivity index (χ3n) is 4.05. The van der Waals surface area contributed by atoms with E-state index in [1.165, 1.54) is 4.88 Å². The average Bonchev–Trinajstić information content (AvgIpc) is 2.99. The first kappa shape index (κ1) is 13.1. The van der Waals surface area contributed by atoms with Crippen molar-refractivity contribution < 1.29 is 4.79 Å². The number of hydrogen-bond acceptors (Lipinski definition) is 5.